The third-order valence-corrected chi connectivity index (χ3v) is 5.68. The van der Waals surface area contributed by atoms with E-state index in [0.717, 1.165) is 19.3 Å². The molecule has 4 nitrogen and oxygen atoms in total. The normalized spacial score (nSPS) is 24.7. The summed E-state index contributed by atoms with van der Waals surface area (Å²) in [6.07, 6.45) is 1.14. The SMILES string of the molecule is CNC1CC(Oc2c(I)cc(I)cc2I)C1OCCOC. The van der Waals surface area contributed by atoms with Crippen LogP contribution in [0.1, 0.15) is 6.42 Å². The Morgan fingerprint density at radius 3 is 2.43 bits per heavy atom. The molecule has 1 aromatic rings. The molecular formula is C14H18I3NO3. The first-order valence-electron chi connectivity index (χ1n) is 6.65. The third-order valence-electron chi connectivity index (χ3n) is 3.45. The van der Waals surface area contributed by atoms with Gasteiger partial charge in [0, 0.05) is 23.1 Å². The minimum Gasteiger partial charge on any atom is -0.485 e. The van der Waals surface area contributed by atoms with Crippen LogP contribution in [-0.4, -0.2) is 45.6 Å². The van der Waals surface area contributed by atoms with Crippen LogP contribution in [0.2, 0.25) is 0 Å². The van der Waals surface area contributed by atoms with Gasteiger partial charge in [0.25, 0.3) is 0 Å². The van der Waals surface area contributed by atoms with Gasteiger partial charge in [-0.2, -0.15) is 0 Å². The molecule has 118 valence electrons. The van der Waals surface area contributed by atoms with E-state index >= 15 is 0 Å². The fourth-order valence-corrected chi connectivity index (χ4v) is 6.10. The van der Waals surface area contributed by atoms with Crippen molar-refractivity contribution < 1.29 is 14.2 Å². The Morgan fingerprint density at radius 1 is 1.19 bits per heavy atom. The first kappa shape index (κ1) is 18.4. The number of hydrogen-bond donors (Lipinski definition) is 1. The lowest BCUT2D eigenvalue weighted by Crippen LogP contribution is -2.60. The van der Waals surface area contributed by atoms with Gasteiger partial charge in [0.05, 0.1) is 20.4 Å². The summed E-state index contributed by atoms with van der Waals surface area (Å²) < 4.78 is 20.7. The van der Waals surface area contributed by atoms with Crippen LogP contribution in [0.25, 0.3) is 0 Å². The van der Waals surface area contributed by atoms with Crippen LogP contribution in [-0.2, 0) is 9.47 Å². The number of nitrogens with one attached hydrogen (secondary N) is 1. The maximum Gasteiger partial charge on any atom is 0.146 e. The molecule has 0 heterocycles. The molecule has 0 bridgehead atoms. The number of ether oxygens (including phenoxy) is 3. The molecule has 0 amide bonds. The van der Waals surface area contributed by atoms with E-state index < -0.39 is 0 Å². The molecule has 7 heteroatoms. The quantitative estimate of drug-likeness (QED) is 0.372. The van der Waals surface area contributed by atoms with Crippen LogP contribution in [0.15, 0.2) is 12.1 Å². The smallest absolute Gasteiger partial charge is 0.146 e. The molecule has 3 unspecified atom stereocenters. The molecule has 2 rings (SSSR count). The molecule has 0 aliphatic heterocycles. The monoisotopic (exact) mass is 629 g/mol. The highest BCUT2D eigenvalue weighted by atomic mass is 127. The van der Waals surface area contributed by atoms with E-state index in [1.165, 1.54) is 3.57 Å². The van der Waals surface area contributed by atoms with Crippen LogP contribution >= 0.6 is 67.8 Å². The second-order valence-corrected chi connectivity index (χ2v) is 8.38. The highest BCUT2D eigenvalue weighted by molar-refractivity contribution is 14.1. The van der Waals surface area contributed by atoms with Gasteiger partial charge in [0.1, 0.15) is 18.0 Å². The lowest BCUT2D eigenvalue weighted by Gasteiger charge is -2.43. The molecule has 1 aliphatic carbocycles. The van der Waals surface area contributed by atoms with Crippen molar-refractivity contribution in [1.29, 1.82) is 0 Å². The van der Waals surface area contributed by atoms with Crippen molar-refractivity contribution in [2.45, 2.75) is 24.7 Å². The van der Waals surface area contributed by atoms with Crippen molar-refractivity contribution in [3.8, 4) is 5.75 Å². The van der Waals surface area contributed by atoms with Gasteiger partial charge in [-0.05, 0) is 87.0 Å². The summed E-state index contributed by atoms with van der Waals surface area (Å²) in [6, 6.07) is 4.62. The minimum atomic E-state index is 0.0797. The highest BCUT2D eigenvalue weighted by Crippen LogP contribution is 2.35. The summed E-state index contributed by atoms with van der Waals surface area (Å²) in [7, 11) is 3.65. The average Bonchev–Trinajstić information content (AvgIpc) is 2.41. The van der Waals surface area contributed by atoms with Crippen LogP contribution < -0.4 is 10.1 Å². The fourth-order valence-electron chi connectivity index (χ4n) is 2.26. The summed E-state index contributed by atoms with van der Waals surface area (Å²) in [5.41, 5.74) is 0. The van der Waals surface area contributed by atoms with Crippen molar-refractivity contribution in [2.75, 3.05) is 27.4 Å². The van der Waals surface area contributed by atoms with Crippen molar-refractivity contribution >= 4 is 67.8 Å². The van der Waals surface area contributed by atoms with Crippen LogP contribution in [0.4, 0.5) is 0 Å². The molecular weight excluding hydrogens is 611 g/mol. The largest absolute Gasteiger partial charge is 0.485 e. The number of hydrogen-bond acceptors (Lipinski definition) is 4. The zero-order chi connectivity index (χ0) is 15.4. The van der Waals surface area contributed by atoms with Gasteiger partial charge in [-0.15, -0.1) is 0 Å². The van der Waals surface area contributed by atoms with Crippen molar-refractivity contribution in [3.05, 3.63) is 22.8 Å². The van der Waals surface area contributed by atoms with E-state index in [2.05, 4.69) is 85.2 Å². The Bertz CT molecular complexity index is 464. The van der Waals surface area contributed by atoms with Crippen molar-refractivity contribution in [1.82, 2.24) is 5.32 Å². The van der Waals surface area contributed by atoms with Crippen LogP contribution in [0.5, 0.6) is 5.75 Å². The number of benzene rings is 1. The predicted molar refractivity (Wildman–Crippen MR) is 108 cm³/mol. The number of methoxy groups -OCH3 is 1. The van der Waals surface area contributed by atoms with E-state index in [-0.39, 0.29) is 12.2 Å². The van der Waals surface area contributed by atoms with Crippen molar-refractivity contribution in [3.63, 3.8) is 0 Å². The third kappa shape index (κ3) is 4.78. The van der Waals surface area contributed by atoms with Gasteiger partial charge >= 0.3 is 0 Å². The lowest BCUT2D eigenvalue weighted by atomic mass is 9.85. The Kier molecular flexibility index (Phi) is 7.73. The molecule has 1 N–H and O–H groups in total. The molecule has 0 spiro atoms. The van der Waals surface area contributed by atoms with Gasteiger partial charge in [0.15, 0.2) is 0 Å². The standard InChI is InChI=1S/C14H18I3NO3/c1-18-11-7-12(14(11)20-4-3-19-2)21-13-9(16)5-8(15)6-10(13)17/h5-6,11-12,14,18H,3-4,7H2,1-2H3. The number of halogens is 3. The predicted octanol–water partition coefficient (Wildman–Crippen LogP) is 3.27. The number of rotatable bonds is 7. The molecule has 1 aromatic carbocycles. The minimum absolute atomic E-state index is 0.0797. The molecule has 3 atom stereocenters. The second kappa shape index (κ2) is 8.81. The maximum atomic E-state index is 6.22. The summed E-state index contributed by atoms with van der Waals surface area (Å²) in [6.45, 7) is 1.21. The molecule has 0 saturated heterocycles. The first-order chi connectivity index (χ1) is 10.1. The Labute approximate surface area is 166 Å². The number of likely N-dealkylation sites (N-methyl/N-ethyl adjacent to an activating group) is 1. The van der Waals surface area contributed by atoms with Gasteiger partial charge in [-0.25, -0.2) is 0 Å². The Balaban J connectivity index is 2.02. The summed E-state index contributed by atoms with van der Waals surface area (Å²) >= 11 is 6.99. The Hall–Kier alpha value is 1.09. The van der Waals surface area contributed by atoms with Crippen molar-refractivity contribution in [2.24, 2.45) is 0 Å². The average molecular weight is 629 g/mol. The van der Waals surface area contributed by atoms with Gasteiger partial charge in [-0.3, -0.25) is 0 Å². The van der Waals surface area contributed by atoms with E-state index in [1.54, 1.807) is 7.11 Å². The second-order valence-electron chi connectivity index (χ2n) is 4.81. The molecule has 21 heavy (non-hydrogen) atoms. The molecule has 0 radical (unpaired) electrons. The molecule has 1 fully saturated rings. The van der Waals surface area contributed by atoms with Crippen LogP contribution in [0.3, 0.4) is 0 Å². The van der Waals surface area contributed by atoms with Gasteiger partial charge in [-0.1, -0.05) is 0 Å². The zero-order valence-corrected chi connectivity index (χ0v) is 18.3. The van der Waals surface area contributed by atoms with Gasteiger partial charge < -0.3 is 19.5 Å². The summed E-state index contributed by atoms with van der Waals surface area (Å²) in [4.78, 5) is 0. The lowest BCUT2D eigenvalue weighted by molar-refractivity contribution is -0.114. The van der Waals surface area contributed by atoms with Crippen LogP contribution in [0, 0.1) is 10.7 Å². The van der Waals surface area contributed by atoms with E-state index in [9.17, 15) is 0 Å². The van der Waals surface area contributed by atoms with E-state index in [0.29, 0.717) is 19.3 Å². The zero-order valence-electron chi connectivity index (χ0n) is 11.9. The van der Waals surface area contributed by atoms with E-state index in [1.807, 2.05) is 7.05 Å². The maximum absolute atomic E-state index is 6.22. The topological polar surface area (TPSA) is 39.7 Å². The highest BCUT2D eigenvalue weighted by Gasteiger charge is 2.43. The molecule has 0 aromatic heterocycles. The van der Waals surface area contributed by atoms with Gasteiger partial charge in [0.2, 0.25) is 0 Å². The molecule has 1 saturated carbocycles. The summed E-state index contributed by atoms with van der Waals surface area (Å²) in [5, 5.41) is 3.28. The molecule has 1 aliphatic rings. The Morgan fingerprint density at radius 2 is 1.86 bits per heavy atom. The fraction of sp³-hybridized carbons (Fsp3) is 0.571. The van der Waals surface area contributed by atoms with E-state index in [4.69, 9.17) is 14.2 Å². The summed E-state index contributed by atoms with van der Waals surface area (Å²) in [5.74, 6) is 0.969. The first-order valence-corrected chi connectivity index (χ1v) is 9.89.